The molecule has 0 atom stereocenters. The lowest BCUT2D eigenvalue weighted by Gasteiger charge is -2.23. The van der Waals surface area contributed by atoms with Crippen LogP contribution in [0.1, 0.15) is 22.3 Å². The molecule has 0 bridgehead atoms. The van der Waals surface area contributed by atoms with Crippen molar-refractivity contribution in [1.82, 2.24) is 14.9 Å². The third-order valence-electron chi connectivity index (χ3n) is 4.02. The molecule has 1 aliphatic heterocycles. The van der Waals surface area contributed by atoms with Gasteiger partial charge in [0.05, 0.1) is 11.1 Å². The van der Waals surface area contributed by atoms with Gasteiger partial charge >= 0.3 is 0 Å². The fraction of sp³-hybridized carbons (Fsp3) is 0.294. The van der Waals surface area contributed by atoms with Crippen LogP contribution in [0.2, 0.25) is 0 Å². The highest BCUT2D eigenvalue weighted by molar-refractivity contribution is 5.93. The highest BCUT2D eigenvalue weighted by Crippen LogP contribution is 2.18. The first-order valence-electron chi connectivity index (χ1n) is 7.77. The van der Waals surface area contributed by atoms with Gasteiger partial charge in [0.1, 0.15) is 11.9 Å². The molecule has 3 rings (SSSR count). The highest BCUT2D eigenvalue weighted by Gasteiger charge is 2.22. The van der Waals surface area contributed by atoms with Crippen molar-refractivity contribution in [3.63, 3.8) is 0 Å². The Balaban J connectivity index is 1.73. The molecule has 0 aliphatic carbocycles. The number of H-pyrrole nitrogens is 1. The van der Waals surface area contributed by atoms with Crippen LogP contribution in [-0.2, 0) is 0 Å². The van der Waals surface area contributed by atoms with Crippen molar-refractivity contribution in [2.45, 2.75) is 6.42 Å². The lowest BCUT2D eigenvalue weighted by Crippen LogP contribution is -2.35. The number of hydrogen-bond acceptors (Lipinski definition) is 5. The van der Waals surface area contributed by atoms with Crippen LogP contribution in [0.15, 0.2) is 41.5 Å². The normalized spacial score (nSPS) is 14.8. The summed E-state index contributed by atoms with van der Waals surface area (Å²) in [6, 6.07) is 8.54. The Labute approximate surface area is 139 Å². The van der Waals surface area contributed by atoms with Crippen molar-refractivity contribution in [2.75, 3.05) is 31.1 Å². The average Bonchev–Trinajstić information content (AvgIpc) is 2.88. The molecule has 1 saturated heterocycles. The van der Waals surface area contributed by atoms with Crippen molar-refractivity contribution >= 4 is 11.7 Å². The van der Waals surface area contributed by atoms with E-state index in [-0.39, 0.29) is 11.5 Å². The first-order valence-corrected chi connectivity index (χ1v) is 7.77. The molecule has 24 heavy (non-hydrogen) atoms. The Morgan fingerprint density at radius 1 is 1.21 bits per heavy atom. The molecule has 2 aromatic heterocycles. The van der Waals surface area contributed by atoms with E-state index in [1.54, 1.807) is 23.2 Å². The molecule has 0 radical (unpaired) electrons. The predicted molar refractivity (Wildman–Crippen MR) is 88.7 cm³/mol. The molecule has 0 saturated carbocycles. The monoisotopic (exact) mass is 323 g/mol. The van der Waals surface area contributed by atoms with Crippen LogP contribution < -0.4 is 10.5 Å². The maximum Gasteiger partial charge on any atom is 0.255 e. The van der Waals surface area contributed by atoms with Gasteiger partial charge in [-0.2, -0.15) is 5.26 Å². The number of pyridine rings is 2. The minimum Gasteiger partial charge on any atom is -0.354 e. The first-order chi connectivity index (χ1) is 11.7. The van der Waals surface area contributed by atoms with Crippen LogP contribution in [0.4, 0.5) is 5.82 Å². The van der Waals surface area contributed by atoms with Gasteiger partial charge in [-0.25, -0.2) is 4.98 Å². The van der Waals surface area contributed by atoms with E-state index < -0.39 is 0 Å². The number of carbonyl (C=O) groups excluding carboxylic acids is 1. The Hall–Kier alpha value is -3.14. The third kappa shape index (κ3) is 3.27. The lowest BCUT2D eigenvalue weighted by atomic mass is 10.2. The molecular formula is C17H17N5O2. The Morgan fingerprint density at radius 2 is 2.08 bits per heavy atom. The Kier molecular flexibility index (Phi) is 4.57. The van der Waals surface area contributed by atoms with Crippen LogP contribution in [-0.4, -0.2) is 47.0 Å². The van der Waals surface area contributed by atoms with Crippen LogP contribution in [0, 0.1) is 11.3 Å². The van der Waals surface area contributed by atoms with Crippen molar-refractivity contribution in [2.24, 2.45) is 0 Å². The minimum atomic E-state index is -0.229. The van der Waals surface area contributed by atoms with Gasteiger partial charge in [0, 0.05) is 44.6 Å². The first kappa shape index (κ1) is 15.7. The van der Waals surface area contributed by atoms with Crippen LogP contribution in [0.3, 0.4) is 0 Å². The molecule has 7 nitrogen and oxygen atoms in total. The number of hydrogen-bond donors (Lipinski definition) is 1. The Morgan fingerprint density at radius 3 is 2.83 bits per heavy atom. The molecule has 0 unspecified atom stereocenters. The van der Waals surface area contributed by atoms with Gasteiger partial charge in [0.25, 0.3) is 5.91 Å². The summed E-state index contributed by atoms with van der Waals surface area (Å²) in [7, 11) is 0. The van der Waals surface area contributed by atoms with Crippen LogP contribution in [0.25, 0.3) is 0 Å². The van der Waals surface area contributed by atoms with Crippen molar-refractivity contribution in [1.29, 1.82) is 5.26 Å². The predicted octanol–water partition coefficient (Wildman–Crippen LogP) is 0.994. The summed E-state index contributed by atoms with van der Waals surface area (Å²) >= 11 is 0. The lowest BCUT2D eigenvalue weighted by molar-refractivity contribution is 0.0766. The van der Waals surface area contributed by atoms with Crippen LogP contribution >= 0.6 is 0 Å². The number of amides is 1. The second kappa shape index (κ2) is 6.96. The number of anilines is 1. The van der Waals surface area contributed by atoms with E-state index in [2.05, 4.69) is 16.0 Å². The largest absolute Gasteiger partial charge is 0.354 e. The summed E-state index contributed by atoms with van der Waals surface area (Å²) in [4.78, 5) is 34.3. The minimum absolute atomic E-state index is 0.102. The summed E-state index contributed by atoms with van der Waals surface area (Å²) in [6.45, 7) is 2.52. The van der Waals surface area contributed by atoms with Crippen molar-refractivity contribution < 1.29 is 4.79 Å². The summed E-state index contributed by atoms with van der Waals surface area (Å²) in [6.07, 6.45) is 3.90. The zero-order valence-electron chi connectivity index (χ0n) is 13.1. The second-order valence-corrected chi connectivity index (χ2v) is 5.56. The number of aromatic amines is 1. The molecule has 3 heterocycles. The molecule has 1 fully saturated rings. The molecule has 0 aromatic carbocycles. The zero-order chi connectivity index (χ0) is 16.9. The standard InChI is InChI=1S/C17H17N5O2/c18-11-13-3-1-6-19-16(13)21-7-2-8-22(10-9-21)17(24)14-4-5-15(23)20-12-14/h1,3-6,12H,2,7-10H2,(H,20,23). The highest BCUT2D eigenvalue weighted by atomic mass is 16.2. The van der Waals surface area contributed by atoms with E-state index >= 15 is 0 Å². The van der Waals surface area contributed by atoms with Gasteiger partial charge in [0.15, 0.2) is 0 Å². The van der Waals surface area contributed by atoms with Crippen molar-refractivity contribution in [3.8, 4) is 6.07 Å². The second-order valence-electron chi connectivity index (χ2n) is 5.56. The topological polar surface area (TPSA) is 93.1 Å². The molecule has 122 valence electrons. The number of nitriles is 1. The maximum absolute atomic E-state index is 12.5. The van der Waals surface area contributed by atoms with E-state index in [0.29, 0.717) is 36.6 Å². The number of carbonyl (C=O) groups is 1. The number of nitrogens with one attached hydrogen (secondary N) is 1. The van der Waals surface area contributed by atoms with E-state index in [9.17, 15) is 14.9 Å². The summed E-state index contributed by atoms with van der Waals surface area (Å²) in [5, 5.41) is 9.22. The summed E-state index contributed by atoms with van der Waals surface area (Å²) in [5.74, 6) is 0.563. The number of rotatable bonds is 2. The molecule has 1 amide bonds. The number of aromatic nitrogens is 2. The van der Waals surface area contributed by atoms with E-state index in [0.717, 1.165) is 13.0 Å². The van der Waals surface area contributed by atoms with Crippen molar-refractivity contribution in [3.05, 3.63) is 58.1 Å². The molecule has 2 aromatic rings. The van der Waals surface area contributed by atoms with Gasteiger partial charge in [-0.05, 0) is 24.6 Å². The molecule has 0 spiro atoms. The molecular weight excluding hydrogens is 306 g/mol. The third-order valence-corrected chi connectivity index (χ3v) is 4.02. The van der Waals surface area contributed by atoms with E-state index in [1.165, 1.54) is 18.3 Å². The average molecular weight is 323 g/mol. The molecule has 1 N–H and O–H groups in total. The van der Waals surface area contributed by atoms with Gasteiger partial charge in [0.2, 0.25) is 5.56 Å². The maximum atomic E-state index is 12.5. The van der Waals surface area contributed by atoms with Gasteiger partial charge in [-0.15, -0.1) is 0 Å². The quantitative estimate of drug-likeness (QED) is 0.890. The summed E-state index contributed by atoms with van der Waals surface area (Å²) in [5.41, 5.74) is 0.782. The smallest absolute Gasteiger partial charge is 0.255 e. The zero-order valence-corrected chi connectivity index (χ0v) is 13.1. The van der Waals surface area contributed by atoms with E-state index in [1.807, 2.05) is 4.90 Å². The van der Waals surface area contributed by atoms with Gasteiger partial charge < -0.3 is 14.8 Å². The Bertz CT molecular complexity index is 819. The summed E-state index contributed by atoms with van der Waals surface area (Å²) < 4.78 is 0. The molecule has 7 heteroatoms. The number of nitrogens with zero attached hydrogens (tertiary/aromatic N) is 4. The fourth-order valence-corrected chi connectivity index (χ4v) is 2.79. The SMILES string of the molecule is N#Cc1cccnc1N1CCCN(C(=O)c2ccc(=O)[nH]c2)CC1. The molecule has 1 aliphatic rings. The fourth-order valence-electron chi connectivity index (χ4n) is 2.79. The van der Waals surface area contributed by atoms with Gasteiger partial charge in [-0.1, -0.05) is 0 Å². The van der Waals surface area contributed by atoms with Gasteiger partial charge in [-0.3, -0.25) is 9.59 Å². The van der Waals surface area contributed by atoms with Crippen LogP contribution in [0.5, 0.6) is 0 Å². The van der Waals surface area contributed by atoms with E-state index in [4.69, 9.17) is 0 Å².